The van der Waals surface area contributed by atoms with Crippen molar-refractivity contribution in [3.8, 4) is 5.75 Å². The lowest BCUT2D eigenvalue weighted by molar-refractivity contribution is -0.128. The van der Waals surface area contributed by atoms with Crippen molar-refractivity contribution in [2.45, 2.75) is 32.8 Å². The van der Waals surface area contributed by atoms with E-state index in [0.717, 1.165) is 6.42 Å². The van der Waals surface area contributed by atoms with Gasteiger partial charge in [0.2, 0.25) is 11.8 Å². The average Bonchev–Trinajstić information content (AvgIpc) is 2.90. The predicted molar refractivity (Wildman–Crippen MR) is 92.0 cm³/mol. The Morgan fingerprint density at radius 1 is 1.38 bits per heavy atom. The largest absolute Gasteiger partial charge is 0.489 e. The smallest absolute Gasteiger partial charge is 0.229 e. The van der Waals surface area contributed by atoms with Crippen LogP contribution in [-0.4, -0.2) is 49.6 Å². The Kier molecular flexibility index (Phi) is 6.61. The van der Waals surface area contributed by atoms with E-state index >= 15 is 0 Å². The van der Waals surface area contributed by atoms with Crippen LogP contribution < -0.4 is 10.1 Å². The Balaban J connectivity index is 1.95. The van der Waals surface area contributed by atoms with E-state index in [4.69, 9.17) is 9.47 Å². The summed E-state index contributed by atoms with van der Waals surface area (Å²) in [5.74, 6) is 0.199. The highest BCUT2D eigenvalue weighted by molar-refractivity contribution is 5.98. The molecule has 0 saturated carbocycles. The zero-order valence-electron chi connectivity index (χ0n) is 14.6. The lowest BCUT2D eigenvalue weighted by atomic mass is 10.1. The number of anilines is 1. The standard InChI is InChI=1S/C18H26N2O4/c1-13(2)24-16-8-5-4-7-15(16)19-18(22)14-11-17(21)20(12-14)9-6-10-23-3/h4-5,7-8,13-14H,6,9-12H2,1-3H3,(H,19,22). The first-order chi connectivity index (χ1) is 11.5. The molecule has 1 fully saturated rings. The van der Waals surface area contributed by atoms with Crippen LogP contribution in [-0.2, 0) is 14.3 Å². The molecule has 0 aromatic heterocycles. The van der Waals surface area contributed by atoms with Crippen LogP contribution in [0.5, 0.6) is 5.75 Å². The first-order valence-electron chi connectivity index (χ1n) is 8.34. The van der Waals surface area contributed by atoms with E-state index in [1.807, 2.05) is 38.1 Å². The number of amides is 2. The zero-order valence-corrected chi connectivity index (χ0v) is 14.6. The van der Waals surface area contributed by atoms with Crippen LogP contribution in [0.25, 0.3) is 0 Å². The van der Waals surface area contributed by atoms with Crippen LogP contribution in [0.3, 0.4) is 0 Å². The fraction of sp³-hybridized carbons (Fsp3) is 0.556. The number of benzene rings is 1. The predicted octanol–water partition coefficient (Wildman–Crippen LogP) is 2.30. The highest BCUT2D eigenvalue weighted by atomic mass is 16.5. The monoisotopic (exact) mass is 334 g/mol. The molecule has 0 radical (unpaired) electrons. The summed E-state index contributed by atoms with van der Waals surface area (Å²) in [7, 11) is 1.64. The molecule has 1 aliphatic heterocycles. The second-order valence-electron chi connectivity index (χ2n) is 6.24. The lowest BCUT2D eigenvalue weighted by Gasteiger charge is -2.17. The maximum atomic E-state index is 12.5. The molecule has 132 valence electrons. The van der Waals surface area contributed by atoms with Crippen LogP contribution in [0.15, 0.2) is 24.3 Å². The molecule has 6 heteroatoms. The Morgan fingerprint density at radius 2 is 2.12 bits per heavy atom. The summed E-state index contributed by atoms with van der Waals surface area (Å²) < 4.78 is 10.7. The van der Waals surface area contributed by atoms with Crippen molar-refractivity contribution in [2.75, 3.05) is 32.1 Å². The minimum absolute atomic E-state index is 0.0207. The van der Waals surface area contributed by atoms with Gasteiger partial charge in [-0.05, 0) is 32.4 Å². The molecule has 24 heavy (non-hydrogen) atoms. The number of hydrogen-bond acceptors (Lipinski definition) is 4. The third-order valence-electron chi connectivity index (χ3n) is 3.87. The molecule has 1 aromatic rings. The molecule has 2 amide bonds. The number of carbonyl (C=O) groups is 2. The number of para-hydroxylation sites is 2. The number of hydrogen-bond donors (Lipinski definition) is 1. The van der Waals surface area contributed by atoms with Gasteiger partial charge in [0.05, 0.1) is 17.7 Å². The Morgan fingerprint density at radius 3 is 2.83 bits per heavy atom. The van der Waals surface area contributed by atoms with Gasteiger partial charge in [-0.1, -0.05) is 12.1 Å². The van der Waals surface area contributed by atoms with Gasteiger partial charge in [-0.15, -0.1) is 0 Å². The summed E-state index contributed by atoms with van der Waals surface area (Å²) >= 11 is 0. The molecule has 0 aliphatic carbocycles. The highest BCUT2D eigenvalue weighted by Gasteiger charge is 2.34. The second-order valence-corrected chi connectivity index (χ2v) is 6.24. The fourth-order valence-electron chi connectivity index (χ4n) is 2.73. The summed E-state index contributed by atoms with van der Waals surface area (Å²) in [5, 5.41) is 2.90. The third kappa shape index (κ3) is 4.96. The maximum absolute atomic E-state index is 12.5. The first kappa shape index (κ1) is 18.3. The minimum atomic E-state index is -0.327. The van der Waals surface area contributed by atoms with Crippen molar-refractivity contribution in [3.63, 3.8) is 0 Å². The van der Waals surface area contributed by atoms with Crippen molar-refractivity contribution in [1.82, 2.24) is 4.90 Å². The number of nitrogens with zero attached hydrogens (tertiary/aromatic N) is 1. The van der Waals surface area contributed by atoms with E-state index in [9.17, 15) is 9.59 Å². The molecule has 1 saturated heterocycles. The molecule has 2 rings (SSSR count). The number of nitrogens with one attached hydrogen (secondary N) is 1. The van der Waals surface area contributed by atoms with Gasteiger partial charge in [-0.3, -0.25) is 9.59 Å². The first-order valence-corrected chi connectivity index (χ1v) is 8.34. The van der Waals surface area contributed by atoms with Crippen molar-refractivity contribution in [1.29, 1.82) is 0 Å². The molecular weight excluding hydrogens is 308 g/mol. The molecule has 1 heterocycles. The molecule has 1 aliphatic rings. The minimum Gasteiger partial charge on any atom is -0.489 e. The molecule has 1 N–H and O–H groups in total. The van der Waals surface area contributed by atoms with E-state index < -0.39 is 0 Å². The van der Waals surface area contributed by atoms with E-state index in [1.54, 1.807) is 12.0 Å². The number of carbonyl (C=O) groups excluding carboxylic acids is 2. The molecule has 6 nitrogen and oxygen atoms in total. The van der Waals surface area contributed by atoms with Gasteiger partial charge >= 0.3 is 0 Å². The van der Waals surface area contributed by atoms with E-state index in [0.29, 0.717) is 31.1 Å². The molecule has 0 bridgehead atoms. The fourth-order valence-corrected chi connectivity index (χ4v) is 2.73. The van der Waals surface area contributed by atoms with Crippen LogP contribution in [0.2, 0.25) is 0 Å². The topological polar surface area (TPSA) is 67.9 Å². The van der Waals surface area contributed by atoms with Gasteiger partial charge in [0, 0.05) is 33.2 Å². The summed E-state index contributed by atoms with van der Waals surface area (Å²) in [6.45, 7) is 5.57. The van der Waals surface area contributed by atoms with Crippen LogP contribution >= 0.6 is 0 Å². The summed E-state index contributed by atoms with van der Waals surface area (Å²) in [6, 6.07) is 7.35. The van der Waals surface area contributed by atoms with Gasteiger partial charge < -0.3 is 19.7 Å². The number of methoxy groups -OCH3 is 1. The lowest BCUT2D eigenvalue weighted by Crippen LogP contribution is -2.29. The van der Waals surface area contributed by atoms with Gasteiger partial charge in [-0.25, -0.2) is 0 Å². The van der Waals surface area contributed by atoms with Crippen molar-refractivity contribution >= 4 is 17.5 Å². The van der Waals surface area contributed by atoms with Crippen LogP contribution in [0.4, 0.5) is 5.69 Å². The molecule has 1 atom stereocenters. The zero-order chi connectivity index (χ0) is 17.5. The van der Waals surface area contributed by atoms with Crippen molar-refractivity contribution < 1.29 is 19.1 Å². The quantitative estimate of drug-likeness (QED) is 0.741. The molecule has 1 aromatic carbocycles. The van der Waals surface area contributed by atoms with Gasteiger partial charge in [0.15, 0.2) is 0 Å². The maximum Gasteiger partial charge on any atom is 0.229 e. The van der Waals surface area contributed by atoms with Gasteiger partial charge in [0.1, 0.15) is 5.75 Å². The Bertz CT molecular complexity index is 574. The average molecular weight is 334 g/mol. The second kappa shape index (κ2) is 8.68. The van der Waals surface area contributed by atoms with Crippen LogP contribution in [0, 0.1) is 5.92 Å². The Labute approximate surface area is 143 Å². The number of ether oxygens (including phenoxy) is 2. The normalized spacial score (nSPS) is 17.4. The summed E-state index contributed by atoms with van der Waals surface area (Å²) in [4.78, 5) is 26.3. The van der Waals surface area contributed by atoms with E-state index in [-0.39, 0.29) is 30.3 Å². The van der Waals surface area contributed by atoms with E-state index in [2.05, 4.69) is 5.32 Å². The number of rotatable bonds is 8. The Hall–Kier alpha value is -2.08. The molecular formula is C18H26N2O4. The molecule has 1 unspecified atom stereocenters. The SMILES string of the molecule is COCCCN1CC(C(=O)Nc2ccccc2OC(C)C)CC1=O. The van der Waals surface area contributed by atoms with Gasteiger partial charge in [0.25, 0.3) is 0 Å². The number of likely N-dealkylation sites (tertiary alicyclic amines) is 1. The molecule has 0 spiro atoms. The van der Waals surface area contributed by atoms with Crippen molar-refractivity contribution in [3.05, 3.63) is 24.3 Å². The van der Waals surface area contributed by atoms with Crippen molar-refractivity contribution in [2.24, 2.45) is 5.92 Å². The van der Waals surface area contributed by atoms with E-state index in [1.165, 1.54) is 0 Å². The third-order valence-corrected chi connectivity index (χ3v) is 3.87. The van der Waals surface area contributed by atoms with Gasteiger partial charge in [-0.2, -0.15) is 0 Å². The summed E-state index contributed by atoms with van der Waals surface area (Å²) in [5.41, 5.74) is 0.640. The van der Waals surface area contributed by atoms with Crippen LogP contribution in [0.1, 0.15) is 26.7 Å². The summed E-state index contributed by atoms with van der Waals surface area (Å²) in [6.07, 6.45) is 1.06. The highest BCUT2D eigenvalue weighted by Crippen LogP contribution is 2.27.